The number of rotatable bonds is 3. The Hall–Kier alpha value is -1.85. The van der Waals surface area contributed by atoms with Gasteiger partial charge in [-0.15, -0.1) is 0 Å². The van der Waals surface area contributed by atoms with E-state index in [4.69, 9.17) is 5.73 Å². The summed E-state index contributed by atoms with van der Waals surface area (Å²) < 4.78 is 1.54. The molecule has 0 fully saturated rings. The number of hydrogen-bond acceptors (Lipinski definition) is 3. The quantitative estimate of drug-likeness (QED) is 0.601. The lowest BCUT2D eigenvalue weighted by Crippen LogP contribution is -2.21. The van der Waals surface area contributed by atoms with E-state index in [-0.39, 0.29) is 6.42 Å². The summed E-state index contributed by atoms with van der Waals surface area (Å²) in [4.78, 5) is 21.3. The highest BCUT2D eigenvalue weighted by atomic mass is 16.2. The molecule has 0 radical (unpaired) electrons. The van der Waals surface area contributed by atoms with Crippen molar-refractivity contribution >= 4 is 17.6 Å². The van der Waals surface area contributed by atoms with Crippen molar-refractivity contribution in [3.63, 3.8) is 0 Å². The zero-order valence-electron chi connectivity index (χ0n) is 7.15. The predicted octanol–water partition coefficient (Wildman–Crippen LogP) is -0.766. The summed E-state index contributed by atoms with van der Waals surface area (Å²) in [5.74, 6) is -0.701. The van der Waals surface area contributed by atoms with Crippen LogP contribution in [-0.2, 0) is 16.6 Å². The summed E-state index contributed by atoms with van der Waals surface area (Å²) in [6, 6.07) is 1.62. The van der Waals surface area contributed by atoms with E-state index in [1.807, 2.05) is 0 Å². The van der Waals surface area contributed by atoms with E-state index in [2.05, 4.69) is 10.4 Å². The highest BCUT2D eigenvalue weighted by Gasteiger charge is 2.06. The maximum Gasteiger partial charge on any atom is 0.235 e. The molecule has 13 heavy (non-hydrogen) atoms. The van der Waals surface area contributed by atoms with Crippen molar-refractivity contribution < 1.29 is 9.59 Å². The topological polar surface area (TPSA) is 90.0 Å². The number of aromatic nitrogens is 2. The molecule has 0 bridgehead atoms. The number of aryl methyl sites for hydroxylation is 1. The van der Waals surface area contributed by atoms with Crippen LogP contribution in [0.25, 0.3) is 0 Å². The maximum absolute atomic E-state index is 11.0. The molecule has 0 spiro atoms. The number of primary amides is 1. The fourth-order valence-corrected chi connectivity index (χ4v) is 0.827. The third-order valence-electron chi connectivity index (χ3n) is 1.32. The first-order valence-electron chi connectivity index (χ1n) is 3.66. The maximum atomic E-state index is 11.0. The number of amides is 2. The van der Waals surface area contributed by atoms with Crippen LogP contribution in [0.2, 0.25) is 0 Å². The summed E-state index contributed by atoms with van der Waals surface area (Å²) in [5.41, 5.74) is 4.83. The number of nitrogens with zero attached hydrogens (tertiary/aromatic N) is 2. The van der Waals surface area contributed by atoms with E-state index in [0.29, 0.717) is 5.82 Å². The van der Waals surface area contributed by atoms with Gasteiger partial charge >= 0.3 is 0 Å². The fraction of sp³-hybridized carbons (Fsp3) is 0.286. The Morgan fingerprint density at radius 1 is 1.69 bits per heavy atom. The molecule has 0 aliphatic heterocycles. The Morgan fingerprint density at radius 3 is 2.85 bits per heavy atom. The molecule has 0 unspecified atom stereocenters. The number of carbonyl (C=O) groups is 2. The summed E-state index contributed by atoms with van der Waals surface area (Å²) in [6.07, 6.45) is 1.36. The minimum atomic E-state index is -0.659. The van der Waals surface area contributed by atoms with Crippen molar-refractivity contribution in [2.75, 3.05) is 5.32 Å². The Morgan fingerprint density at radius 2 is 2.38 bits per heavy atom. The van der Waals surface area contributed by atoms with Gasteiger partial charge in [0.1, 0.15) is 6.42 Å². The molecule has 0 aliphatic carbocycles. The summed E-state index contributed by atoms with van der Waals surface area (Å²) >= 11 is 0. The average Bonchev–Trinajstić information content (AvgIpc) is 2.33. The molecule has 0 saturated heterocycles. The Labute approximate surface area is 74.7 Å². The van der Waals surface area contributed by atoms with Crippen LogP contribution in [0.15, 0.2) is 12.3 Å². The monoisotopic (exact) mass is 182 g/mol. The van der Waals surface area contributed by atoms with Gasteiger partial charge in [0.25, 0.3) is 0 Å². The highest BCUT2D eigenvalue weighted by Crippen LogP contribution is 2.00. The second-order valence-corrected chi connectivity index (χ2v) is 2.57. The van der Waals surface area contributed by atoms with Crippen LogP contribution in [0.1, 0.15) is 6.42 Å². The van der Waals surface area contributed by atoms with Gasteiger partial charge in [-0.3, -0.25) is 14.3 Å². The normalized spacial score (nSPS) is 9.62. The van der Waals surface area contributed by atoms with Crippen LogP contribution in [0.3, 0.4) is 0 Å². The first-order valence-corrected chi connectivity index (χ1v) is 3.66. The first kappa shape index (κ1) is 9.24. The smallest absolute Gasteiger partial charge is 0.235 e. The van der Waals surface area contributed by atoms with Crippen molar-refractivity contribution in [1.29, 1.82) is 0 Å². The minimum absolute atomic E-state index is 0.323. The van der Waals surface area contributed by atoms with Crippen molar-refractivity contribution in [3.05, 3.63) is 12.3 Å². The molecular weight excluding hydrogens is 172 g/mol. The molecule has 1 heterocycles. The lowest BCUT2D eigenvalue weighted by Gasteiger charge is -1.97. The van der Waals surface area contributed by atoms with Gasteiger partial charge < -0.3 is 11.1 Å². The van der Waals surface area contributed by atoms with Gasteiger partial charge in [-0.1, -0.05) is 0 Å². The van der Waals surface area contributed by atoms with E-state index in [1.54, 1.807) is 24.0 Å². The fourth-order valence-electron chi connectivity index (χ4n) is 0.827. The molecule has 1 aromatic rings. The van der Waals surface area contributed by atoms with E-state index in [0.717, 1.165) is 0 Å². The van der Waals surface area contributed by atoms with Crippen LogP contribution < -0.4 is 11.1 Å². The average molecular weight is 182 g/mol. The van der Waals surface area contributed by atoms with Crippen LogP contribution in [0.5, 0.6) is 0 Å². The molecule has 2 amide bonds. The number of nitrogens with one attached hydrogen (secondary N) is 1. The van der Waals surface area contributed by atoms with Crippen molar-refractivity contribution in [2.24, 2.45) is 12.8 Å². The Kier molecular flexibility index (Phi) is 2.63. The van der Waals surface area contributed by atoms with E-state index in [1.165, 1.54) is 0 Å². The van der Waals surface area contributed by atoms with Gasteiger partial charge in [0.05, 0.1) is 0 Å². The molecule has 6 heteroatoms. The van der Waals surface area contributed by atoms with Gasteiger partial charge in [-0.25, -0.2) is 0 Å². The van der Waals surface area contributed by atoms with Crippen LogP contribution in [0, 0.1) is 0 Å². The lowest BCUT2D eigenvalue weighted by atomic mass is 10.4. The SMILES string of the molecule is Cn1ccc(NC(=O)CC(N)=O)n1. The van der Waals surface area contributed by atoms with Crippen LogP contribution >= 0.6 is 0 Å². The summed E-state index contributed by atoms with van der Waals surface area (Å²) in [5, 5.41) is 6.31. The molecule has 1 rings (SSSR count). The summed E-state index contributed by atoms with van der Waals surface area (Å²) in [6.45, 7) is 0. The number of nitrogens with two attached hydrogens (primary N) is 1. The molecule has 1 aromatic heterocycles. The molecule has 0 aromatic carbocycles. The van der Waals surface area contributed by atoms with E-state index in [9.17, 15) is 9.59 Å². The van der Waals surface area contributed by atoms with Crippen molar-refractivity contribution in [2.45, 2.75) is 6.42 Å². The van der Waals surface area contributed by atoms with Crippen molar-refractivity contribution in [1.82, 2.24) is 9.78 Å². The standard InChI is InChI=1S/C7H10N4O2/c1-11-3-2-6(10-11)9-7(13)4-5(8)12/h2-3H,4H2,1H3,(H2,8,12)(H,9,10,13). The predicted molar refractivity (Wildman–Crippen MR) is 45.6 cm³/mol. The molecule has 6 nitrogen and oxygen atoms in total. The second kappa shape index (κ2) is 3.70. The Bertz CT molecular complexity index is 331. The van der Waals surface area contributed by atoms with E-state index < -0.39 is 11.8 Å². The van der Waals surface area contributed by atoms with Gasteiger partial charge in [0.2, 0.25) is 11.8 Å². The van der Waals surface area contributed by atoms with Gasteiger partial charge in [-0.05, 0) is 0 Å². The first-order chi connectivity index (χ1) is 6.08. The van der Waals surface area contributed by atoms with E-state index >= 15 is 0 Å². The van der Waals surface area contributed by atoms with Crippen LogP contribution in [0.4, 0.5) is 5.82 Å². The van der Waals surface area contributed by atoms with Crippen LogP contribution in [-0.4, -0.2) is 21.6 Å². The molecule has 0 atom stereocenters. The van der Waals surface area contributed by atoms with Crippen molar-refractivity contribution in [3.8, 4) is 0 Å². The zero-order valence-corrected chi connectivity index (χ0v) is 7.15. The molecular formula is C7H10N4O2. The second-order valence-electron chi connectivity index (χ2n) is 2.57. The third-order valence-corrected chi connectivity index (χ3v) is 1.32. The number of anilines is 1. The number of hydrogen-bond donors (Lipinski definition) is 2. The Balaban J connectivity index is 2.50. The molecule has 70 valence electrons. The lowest BCUT2D eigenvalue weighted by molar-refractivity contribution is -0.124. The molecule has 3 N–H and O–H groups in total. The van der Waals surface area contributed by atoms with Gasteiger partial charge in [0.15, 0.2) is 5.82 Å². The highest BCUT2D eigenvalue weighted by molar-refractivity contribution is 6.02. The third kappa shape index (κ3) is 2.94. The largest absolute Gasteiger partial charge is 0.369 e. The number of carbonyl (C=O) groups excluding carboxylic acids is 2. The summed E-state index contributed by atoms with van der Waals surface area (Å²) in [7, 11) is 1.73. The van der Waals surface area contributed by atoms with Gasteiger partial charge in [-0.2, -0.15) is 5.10 Å². The van der Waals surface area contributed by atoms with Gasteiger partial charge in [0, 0.05) is 19.3 Å². The molecule has 0 aliphatic rings. The minimum Gasteiger partial charge on any atom is -0.369 e. The molecule has 0 saturated carbocycles. The zero-order chi connectivity index (χ0) is 9.84.